The first kappa shape index (κ1) is 26.0. The number of thiocarbonyl (C=S) groups is 1. The second kappa shape index (κ2) is 11.1. The van der Waals surface area contributed by atoms with Gasteiger partial charge in [0.15, 0.2) is 5.11 Å². The van der Waals surface area contributed by atoms with E-state index < -0.39 is 11.8 Å². The number of aromatic nitrogens is 1. The van der Waals surface area contributed by atoms with Gasteiger partial charge in [0.2, 0.25) is 0 Å². The highest BCUT2D eigenvalue weighted by atomic mass is 32.1. The highest BCUT2D eigenvalue weighted by Crippen LogP contribution is 2.38. The molecule has 0 atom stereocenters. The lowest BCUT2D eigenvalue weighted by atomic mass is 10.0. The van der Waals surface area contributed by atoms with Crippen molar-refractivity contribution < 1.29 is 14.3 Å². The summed E-state index contributed by atoms with van der Waals surface area (Å²) in [5.74, 6) is -0.625. The molecule has 1 N–H and O–H groups in total. The van der Waals surface area contributed by atoms with Crippen LogP contribution >= 0.6 is 12.2 Å². The molecule has 4 aromatic carbocycles. The Bertz CT molecular complexity index is 1800. The summed E-state index contributed by atoms with van der Waals surface area (Å²) in [5.41, 5.74) is 5.78. The first-order chi connectivity index (χ1) is 20.1. The Balaban J connectivity index is 1.59. The number of nitrogens with zero attached hydrogens (tertiary/aromatic N) is 2. The highest BCUT2D eigenvalue weighted by molar-refractivity contribution is 7.80. The molecule has 7 heteroatoms. The van der Waals surface area contributed by atoms with E-state index in [0.29, 0.717) is 17.0 Å². The van der Waals surface area contributed by atoms with Gasteiger partial charge in [0.25, 0.3) is 11.8 Å². The van der Waals surface area contributed by atoms with E-state index in [9.17, 15) is 9.59 Å². The molecule has 1 aromatic heterocycles. The minimum Gasteiger partial charge on any atom is -0.495 e. The van der Waals surface area contributed by atoms with Crippen LogP contribution in [-0.4, -0.2) is 28.6 Å². The Morgan fingerprint density at radius 3 is 2.00 bits per heavy atom. The van der Waals surface area contributed by atoms with Gasteiger partial charge in [-0.1, -0.05) is 91.0 Å². The second-order valence-corrected chi connectivity index (χ2v) is 9.75. The fourth-order valence-electron chi connectivity index (χ4n) is 5.04. The molecule has 6 rings (SSSR count). The zero-order valence-corrected chi connectivity index (χ0v) is 23.0. The second-order valence-electron chi connectivity index (χ2n) is 9.37. The van der Waals surface area contributed by atoms with Gasteiger partial charge in [-0.2, -0.15) is 0 Å². The number of amides is 2. The average molecular weight is 556 g/mol. The molecule has 6 nitrogen and oxygen atoms in total. The number of benzene rings is 4. The summed E-state index contributed by atoms with van der Waals surface area (Å²) in [6, 6.07) is 39.1. The zero-order chi connectivity index (χ0) is 28.3. The number of anilines is 1. The number of hydrogen-bond donors (Lipinski definition) is 1. The van der Waals surface area contributed by atoms with Crippen LogP contribution in [0.3, 0.4) is 0 Å². The SMILES string of the molecule is COc1ccccc1N1C(=O)/C(=C\c2cc(-c3ccccc3)n(-c3ccccc3)c2-c2ccccc2)C(=O)NC1=S. The molecule has 1 fully saturated rings. The topological polar surface area (TPSA) is 63.6 Å². The third kappa shape index (κ3) is 4.83. The fraction of sp³-hybridized carbons (Fsp3) is 0.0294. The van der Waals surface area contributed by atoms with Crippen LogP contribution in [0.25, 0.3) is 34.3 Å². The lowest BCUT2D eigenvalue weighted by Gasteiger charge is -2.29. The number of hydrogen-bond acceptors (Lipinski definition) is 4. The Morgan fingerprint density at radius 1 is 0.756 bits per heavy atom. The van der Waals surface area contributed by atoms with Crippen LogP contribution in [0.5, 0.6) is 5.75 Å². The highest BCUT2D eigenvalue weighted by Gasteiger charge is 2.36. The Kier molecular flexibility index (Phi) is 7.02. The summed E-state index contributed by atoms with van der Waals surface area (Å²) in [6.45, 7) is 0. The molecule has 0 aliphatic carbocycles. The molecule has 1 aliphatic rings. The van der Waals surface area contributed by atoms with Crippen LogP contribution in [-0.2, 0) is 9.59 Å². The van der Waals surface area contributed by atoms with Gasteiger partial charge in [0, 0.05) is 11.3 Å². The lowest BCUT2D eigenvalue weighted by molar-refractivity contribution is -0.122. The molecule has 0 radical (unpaired) electrons. The van der Waals surface area contributed by atoms with E-state index in [-0.39, 0.29) is 10.7 Å². The summed E-state index contributed by atoms with van der Waals surface area (Å²) in [7, 11) is 1.52. The molecule has 0 saturated carbocycles. The largest absolute Gasteiger partial charge is 0.495 e. The van der Waals surface area contributed by atoms with Crippen molar-refractivity contribution in [3.63, 3.8) is 0 Å². The standard InChI is InChI=1S/C34H25N3O3S/c1-40-30-20-12-11-19-28(30)37-33(39)27(32(38)35-34(37)41)21-25-22-29(23-13-5-2-6-14-23)36(26-17-9-4-10-18-26)31(25)24-15-7-3-8-16-24/h2-22H,1H3,(H,35,38,41)/b27-21-. The van der Waals surface area contributed by atoms with E-state index >= 15 is 0 Å². The number of nitrogens with one attached hydrogen (secondary N) is 1. The predicted molar refractivity (Wildman–Crippen MR) is 166 cm³/mol. The van der Waals surface area contributed by atoms with Gasteiger partial charge in [0.1, 0.15) is 11.3 Å². The molecule has 1 saturated heterocycles. The molecule has 5 aromatic rings. The van der Waals surface area contributed by atoms with Crippen LogP contribution in [0.4, 0.5) is 5.69 Å². The van der Waals surface area contributed by atoms with Crippen LogP contribution in [0.1, 0.15) is 5.56 Å². The van der Waals surface area contributed by atoms with Crippen molar-refractivity contribution in [2.75, 3.05) is 12.0 Å². The molecule has 0 spiro atoms. The Hall–Kier alpha value is -5.27. The van der Waals surface area contributed by atoms with Crippen LogP contribution in [0.2, 0.25) is 0 Å². The number of carbonyl (C=O) groups is 2. The molecule has 0 bridgehead atoms. The summed E-state index contributed by atoms with van der Waals surface area (Å²) in [5, 5.41) is 2.69. The van der Waals surface area contributed by atoms with E-state index in [2.05, 4.69) is 9.88 Å². The van der Waals surface area contributed by atoms with Gasteiger partial charge >= 0.3 is 0 Å². The van der Waals surface area contributed by atoms with E-state index in [1.54, 1.807) is 30.3 Å². The van der Waals surface area contributed by atoms with Gasteiger partial charge in [-0.15, -0.1) is 0 Å². The van der Waals surface area contributed by atoms with Crippen molar-refractivity contribution in [2.24, 2.45) is 0 Å². The minimum atomic E-state index is -0.557. The smallest absolute Gasteiger partial charge is 0.270 e. The van der Waals surface area contributed by atoms with Crippen molar-refractivity contribution >= 4 is 40.9 Å². The maximum atomic E-state index is 13.9. The Morgan fingerprint density at radius 2 is 1.34 bits per heavy atom. The van der Waals surface area contributed by atoms with E-state index in [0.717, 1.165) is 28.2 Å². The normalized spacial score (nSPS) is 14.3. The van der Waals surface area contributed by atoms with E-state index in [1.165, 1.54) is 12.0 Å². The third-order valence-corrected chi connectivity index (χ3v) is 7.17. The molecule has 1 aliphatic heterocycles. The first-order valence-electron chi connectivity index (χ1n) is 13.0. The van der Waals surface area contributed by atoms with E-state index in [1.807, 2.05) is 97.1 Å². The lowest BCUT2D eigenvalue weighted by Crippen LogP contribution is -2.54. The van der Waals surface area contributed by atoms with Gasteiger partial charge in [0.05, 0.1) is 24.2 Å². The molecule has 41 heavy (non-hydrogen) atoms. The summed E-state index contributed by atoms with van der Waals surface area (Å²) in [4.78, 5) is 28.5. The number of ether oxygens (including phenoxy) is 1. The van der Waals surface area contributed by atoms with Gasteiger partial charge in [-0.25, -0.2) is 4.90 Å². The van der Waals surface area contributed by atoms with Crippen LogP contribution in [0, 0.1) is 0 Å². The maximum absolute atomic E-state index is 13.9. The number of para-hydroxylation sites is 3. The van der Waals surface area contributed by atoms with Crippen molar-refractivity contribution in [3.8, 4) is 34.0 Å². The molecule has 200 valence electrons. The third-order valence-electron chi connectivity index (χ3n) is 6.89. The van der Waals surface area contributed by atoms with Crippen molar-refractivity contribution in [1.82, 2.24) is 9.88 Å². The molecule has 0 unspecified atom stereocenters. The Labute approximate surface area is 243 Å². The molecule has 2 heterocycles. The van der Waals surface area contributed by atoms with Crippen molar-refractivity contribution in [2.45, 2.75) is 0 Å². The minimum absolute atomic E-state index is 0.00300. The van der Waals surface area contributed by atoms with Gasteiger partial charge < -0.3 is 9.30 Å². The molecular weight excluding hydrogens is 530 g/mol. The summed E-state index contributed by atoms with van der Waals surface area (Å²) >= 11 is 5.43. The predicted octanol–water partition coefficient (Wildman–Crippen LogP) is 6.65. The number of methoxy groups -OCH3 is 1. The number of carbonyl (C=O) groups excluding carboxylic acids is 2. The fourth-order valence-corrected chi connectivity index (χ4v) is 5.32. The molecular formula is C34H25N3O3S. The first-order valence-corrected chi connectivity index (χ1v) is 13.4. The maximum Gasteiger partial charge on any atom is 0.270 e. The van der Waals surface area contributed by atoms with E-state index in [4.69, 9.17) is 17.0 Å². The zero-order valence-electron chi connectivity index (χ0n) is 22.2. The van der Waals surface area contributed by atoms with Crippen LogP contribution in [0.15, 0.2) is 127 Å². The quantitative estimate of drug-likeness (QED) is 0.145. The number of rotatable bonds is 6. The monoisotopic (exact) mass is 555 g/mol. The van der Waals surface area contributed by atoms with Crippen molar-refractivity contribution in [1.29, 1.82) is 0 Å². The molecule has 2 amide bonds. The van der Waals surface area contributed by atoms with Gasteiger partial charge in [-0.3, -0.25) is 14.9 Å². The van der Waals surface area contributed by atoms with Crippen LogP contribution < -0.4 is 15.0 Å². The average Bonchev–Trinajstić information content (AvgIpc) is 3.40. The summed E-state index contributed by atoms with van der Waals surface area (Å²) < 4.78 is 7.64. The van der Waals surface area contributed by atoms with Gasteiger partial charge in [-0.05, 0) is 59.8 Å². The van der Waals surface area contributed by atoms with Crippen molar-refractivity contribution in [3.05, 3.63) is 132 Å². The summed E-state index contributed by atoms with van der Waals surface area (Å²) in [6.07, 6.45) is 1.65.